The number of hydrogen-bond donors (Lipinski definition) is 3. The normalized spacial score (nSPS) is 23.8. The first-order chi connectivity index (χ1) is 19.0. The predicted molar refractivity (Wildman–Crippen MR) is 147 cm³/mol. The Kier molecular flexibility index (Phi) is 8.53. The predicted octanol–water partition coefficient (Wildman–Crippen LogP) is 2.97. The minimum Gasteiger partial charge on any atom is -0.497 e. The molecule has 208 valence electrons. The molecule has 8 heteroatoms. The number of hydrogen-bond acceptors (Lipinski definition) is 6. The number of ether oxygens (including phenoxy) is 2. The molecular formula is C31H38N2O6. The molecule has 8 nitrogen and oxygen atoms in total. The van der Waals surface area contributed by atoms with Crippen molar-refractivity contribution in [1.29, 1.82) is 0 Å². The summed E-state index contributed by atoms with van der Waals surface area (Å²) in [6, 6.07) is 14.5. The van der Waals surface area contributed by atoms with E-state index in [1.807, 2.05) is 48.5 Å². The molecule has 2 aromatic rings. The Morgan fingerprint density at radius 1 is 1.13 bits per heavy atom. The fourth-order valence-electron chi connectivity index (χ4n) is 6.29. The number of aliphatic hydroxyl groups excluding tert-OH is 2. The molecule has 4 atom stereocenters. The Bertz CT molecular complexity index is 1210. The number of fused-ring (bicyclic) bond motifs is 3. The molecule has 1 heterocycles. The van der Waals surface area contributed by atoms with E-state index in [9.17, 15) is 19.8 Å². The number of benzene rings is 2. The summed E-state index contributed by atoms with van der Waals surface area (Å²) in [6.07, 6.45) is 5.38. The zero-order valence-electron chi connectivity index (χ0n) is 22.4. The van der Waals surface area contributed by atoms with Gasteiger partial charge in [-0.05, 0) is 55.0 Å². The lowest BCUT2D eigenvalue weighted by molar-refractivity contribution is -0.138. The van der Waals surface area contributed by atoms with Gasteiger partial charge in [0.15, 0.2) is 0 Å². The van der Waals surface area contributed by atoms with Gasteiger partial charge >= 0.3 is 0 Å². The largest absolute Gasteiger partial charge is 0.497 e. The Morgan fingerprint density at radius 3 is 2.69 bits per heavy atom. The van der Waals surface area contributed by atoms with Crippen LogP contribution in [0.15, 0.2) is 60.2 Å². The van der Waals surface area contributed by atoms with E-state index in [0.29, 0.717) is 36.6 Å². The van der Waals surface area contributed by atoms with Crippen LogP contribution in [0.3, 0.4) is 0 Å². The first kappa shape index (κ1) is 27.2. The number of methoxy groups -OCH3 is 1. The van der Waals surface area contributed by atoms with Crippen molar-refractivity contribution in [3.8, 4) is 11.5 Å². The highest BCUT2D eigenvalue weighted by Crippen LogP contribution is 2.47. The van der Waals surface area contributed by atoms with Crippen LogP contribution in [0.4, 0.5) is 0 Å². The maximum Gasteiger partial charge on any atom is 0.247 e. The van der Waals surface area contributed by atoms with Crippen LogP contribution in [-0.4, -0.2) is 72.0 Å². The topological polar surface area (TPSA) is 108 Å². The van der Waals surface area contributed by atoms with Gasteiger partial charge < -0.3 is 29.9 Å². The summed E-state index contributed by atoms with van der Waals surface area (Å²) < 4.78 is 11.6. The number of carbonyl (C=O) groups excluding carboxylic acids is 2. The minimum absolute atomic E-state index is 0.0193. The third-order valence-corrected chi connectivity index (χ3v) is 8.27. The molecule has 3 N–H and O–H groups in total. The highest BCUT2D eigenvalue weighted by Gasteiger charge is 2.50. The summed E-state index contributed by atoms with van der Waals surface area (Å²) in [7, 11) is 1.62. The molecule has 1 aliphatic heterocycles. The number of para-hydroxylation sites is 1. The summed E-state index contributed by atoms with van der Waals surface area (Å²) in [5, 5.41) is 23.8. The monoisotopic (exact) mass is 534 g/mol. The van der Waals surface area contributed by atoms with E-state index in [1.165, 1.54) is 0 Å². The van der Waals surface area contributed by atoms with E-state index < -0.39 is 24.2 Å². The number of rotatable bonds is 10. The molecule has 3 aliphatic rings. The van der Waals surface area contributed by atoms with E-state index in [0.717, 1.165) is 42.6 Å². The smallest absolute Gasteiger partial charge is 0.247 e. The fourth-order valence-corrected chi connectivity index (χ4v) is 6.29. The molecule has 4 unspecified atom stereocenters. The van der Waals surface area contributed by atoms with Crippen LogP contribution in [-0.2, 0) is 16.0 Å². The molecule has 0 bridgehead atoms. The van der Waals surface area contributed by atoms with E-state index in [1.54, 1.807) is 18.1 Å². The van der Waals surface area contributed by atoms with Crippen molar-refractivity contribution in [2.24, 2.45) is 5.92 Å². The average molecular weight is 535 g/mol. The second-order valence-corrected chi connectivity index (χ2v) is 10.7. The Morgan fingerprint density at radius 2 is 1.92 bits per heavy atom. The lowest BCUT2D eigenvalue weighted by Crippen LogP contribution is -2.56. The molecule has 2 aliphatic carbocycles. The molecule has 2 aromatic carbocycles. The first-order valence-corrected chi connectivity index (χ1v) is 14.0. The summed E-state index contributed by atoms with van der Waals surface area (Å²) in [5.41, 5.74) is 2.31. The molecule has 1 fully saturated rings. The number of carbonyl (C=O) groups is 2. The van der Waals surface area contributed by atoms with Gasteiger partial charge in [0.05, 0.1) is 25.7 Å². The van der Waals surface area contributed by atoms with Gasteiger partial charge in [0, 0.05) is 30.6 Å². The van der Waals surface area contributed by atoms with E-state index in [4.69, 9.17) is 9.47 Å². The average Bonchev–Trinajstić information content (AvgIpc) is 3.61. The van der Waals surface area contributed by atoms with Crippen LogP contribution < -0.4 is 14.8 Å². The molecule has 0 saturated heterocycles. The van der Waals surface area contributed by atoms with Crippen molar-refractivity contribution in [3.63, 3.8) is 0 Å². The van der Waals surface area contributed by atoms with E-state index >= 15 is 0 Å². The van der Waals surface area contributed by atoms with Crippen LogP contribution in [0.1, 0.15) is 49.1 Å². The van der Waals surface area contributed by atoms with Crippen molar-refractivity contribution in [2.45, 2.75) is 62.7 Å². The number of nitrogens with zero attached hydrogens (tertiary/aromatic N) is 1. The molecular weight excluding hydrogens is 496 g/mol. The Balaban J connectivity index is 1.48. The first-order valence-electron chi connectivity index (χ1n) is 14.0. The summed E-state index contributed by atoms with van der Waals surface area (Å²) in [4.78, 5) is 28.9. The molecule has 0 aromatic heterocycles. The van der Waals surface area contributed by atoms with Crippen LogP contribution in [0.25, 0.3) is 0 Å². The second-order valence-electron chi connectivity index (χ2n) is 10.7. The van der Waals surface area contributed by atoms with Crippen molar-refractivity contribution < 1.29 is 29.3 Å². The van der Waals surface area contributed by atoms with Crippen molar-refractivity contribution >= 4 is 11.8 Å². The third kappa shape index (κ3) is 5.82. The van der Waals surface area contributed by atoms with Crippen LogP contribution >= 0.6 is 0 Å². The summed E-state index contributed by atoms with van der Waals surface area (Å²) in [5.74, 6) is 0.913. The van der Waals surface area contributed by atoms with Crippen LogP contribution in [0, 0.1) is 5.92 Å². The maximum absolute atomic E-state index is 13.8. The van der Waals surface area contributed by atoms with Crippen LogP contribution in [0.5, 0.6) is 11.5 Å². The number of nitrogens with one attached hydrogen (secondary N) is 1. The van der Waals surface area contributed by atoms with Crippen molar-refractivity contribution in [1.82, 2.24) is 10.2 Å². The number of amides is 2. The van der Waals surface area contributed by atoms with Crippen molar-refractivity contribution in [2.75, 3.05) is 26.8 Å². The van der Waals surface area contributed by atoms with E-state index in [-0.39, 0.29) is 25.0 Å². The Hall–Kier alpha value is -3.36. The number of aliphatic hydroxyl groups is 2. The molecule has 5 rings (SSSR count). The van der Waals surface area contributed by atoms with Gasteiger partial charge in [-0.2, -0.15) is 0 Å². The van der Waals surface area contributed by atoms with Crippen LogP contribution in [0.2, 0.25) is 0 Å². The van der Waals surface area contributed by atoms with E-state index in [2.05, 4.69) is 5.32 Å². The summed E-state index contributed by atoms with van der Waals surface area (Å²) >= 11 is 0. The zero-order chi connectivity index (χ0) is 27.4. The van der Waals surface area contributed by atoms with Gasteiger partial charge in [0.25, 0.3) is 0 Å². The van der Waals surface area contributed by atoms with Gasteiger partial charge in [-0.15, -0.1) is 0 Å². The zero-order valence-corrected chi connectivity index (χ0v) is 22.4. The van der Waals surface area contributed by atoms with Gasteiger partial charge in [-0.1, -0.05) is 43.2 Å². The third-order valence-electron chi connectivity index (χ3n) is 8.27. The second kappa shape index (κ2) is 12.2. The molecule has 0 radical (unpaired) electrons. The molecule has 0 spiro atoms. The minimum atomic E-state index is -1.02. The van der Waals surface area contributed by atoms with Gasteiger partial charge in [0.2, 0.25) is 11.8 Å². The maximum atomic E-state index is 13.8. The molecule has 39 heavy (non-hydrogen) atoms. The highest BCUT2D eigenvalue weighted by atomic mass is 16.5. The van der Waals surface area contributed by atoms with Crippen molar-refractivity contribution in [3.05, 3.63) is 71.3 Å². The summed E-state index contributed by atoms with van der Waals surface area (Å²) in [6.45, 7) is 0.315. The lowest BCUT2D eigenvalue weighted by Gasteiger charge is -2.41. The fraction of sp³-hybridized carbons (Fsp3) is 0.484. The quantitative estimate of drug-likeness (QED) is 0.433. The van der Waals surface area contributed by atoms with Gasteiger partial charge in [-0.25, -0.2) is 0 Å². The Labute approximate surface area is 229 Å². The standard InChI is InChI=1S/C31H38N2O6/c1-38-22-10-6-9-21(17-22)13-15-33(27(35)18-20-7-2-3-8-20)25-19-24(31(37)32-14-16-34)28-23-11-4-5-12-26(23)39-30(28)29(25)36/h4-6,9-12,17,19-20,25,28-30,34,36H,2-3,7-8,13-16,18H2,1H3,(H,32,37). The molecule has 1 saturated carbocycles. The SMILES string of the molecule is COc1cccc(CCN(C(=O)CC2CCCC2)C2C=C(C(=O)NCCO)C3c4ccccc4OC3C2O)c1. The van der Waals surface area contributed by atoms with Gasteiger partial charge in [0.1, 0.15) is 23.7 Å². The lowest BCUT2D eigenvalue weighted by atomic mass is 9.77. The van der Waals surface area contributed by atoms with Gasteiger partial charge in [-0.3, -0.25) is 9.59 Å². The highest BCUT2D eigenvalue weighted by molar-refractivity contribution is 5.96. The molecule has 2 amide bonds.